The molecule has 0 aliphatic carbocycles. The Kier molecular flexibility index (Phi) is 4.20. The number of oxime groups is 1. The molecule has 3 aliphatic heterocycles. The number of pyridine rings is 1. The van der Waals surface area contributed by atoms with Gasteiger partial charge in [-0.3, -0.25) is 14.7 Å². The number of amides is 1. The lowest BCUT2D eigenvalue weighted by atomic mass is 9.96. The summed E-state index contributed by atoms with van der Waals surface area (Å²) in [6, 6.07) is 3.59. The first-order chi connectivity index (χ1) is 11.7. The molecule has 7 nitrogen and oxygen atoms in total. The summed E-state index contributed by atoms with van der Waals surface area (Å²) >= 11 is 0. The molecule has 1 spiro atoms. The number of carbonyl (C=O) groups excluding carboxylic acids is 1. The minimum Gasteiger partial charge on any atom is -0.387 e. The third kappa shape index (κ3) is 3.27. The van der Waals surface area contributed by atoms with Gasteiger partial charge in [-0.05, 0) is 24.5 Å². The largest absolute Gasteiger partial charge is 0.387 e. The monoisotopic (exact) mass is 330 g/mol. The zero-order chi connectivity index (χ0) is 16.4. The molecule has 0 aromatic carbocycles. The number of ether oxygens (including phenoxy) is 1. The van der Waals surface area contributed by atoms with Crippen molar-refractivity contribution in [3.05, 3.63) is 24.5 Å². The highest BCUT2D eigenvalue weighted by Crippen LogP contribution is 2.34. The van der Waals surface area contributed by atoms with Crippen LogP contribution in [-0.2, 0) is 14.4 Å². The highest BCUT2D eigenvalue weighted by molar-refractivity contribution is 6.43. The molecule has 1 aromatic heterocycles. The first-order valence-corrected chi connectivity index (χ1v) is 8.49. The second-order valence-electron chi connectivity index (χ2n) is 6.90. The molecule has 3 aliphatic rings. The molecule has 0 radical (unpaired) electrons. The molecule has 7 heteroatoms. The van der Waals surface area contributed by atoms with E-state index in [1.165, 1.54) is 0 Å². The van der Waals surface area contributed by atoms with E-state index in [4.69, 9.17) is 9.57 Å². The summed E-state index contributed by atoms with van der Waals surface area (Å²) in [4.78, 5) is 24.4. The lowest BCUT2D eigenvalue weighted by molar-refractivity contribution is -0.110. The van der Waals surface area contributed by atoms with Gasteiger partial charge in [0.1, 0.15) is 5.71 Å². The van der Waals surface area contributed by atoms with E-state index in [2.05, 4.69) is 20.4 Å². The first-order valence-electron chi connectivity index (χ1n) is 8.49. The number of hydrogen-bond acceptors (Lipinski definition) is 6. The Bertz CT molecular complexity index is 630. The average molecular weight is 330 g/mol. The van der Waals surface area contributed by atoms with Gasteiger partial charge in [0.05, 0.1) is 18.5 Å². The summed E-state index contributed by atoms with van der Waals surface area (Å²) in [7, 11) is 0. The number of aromatic nitrogens is 1. The fourth-order valence-corrected chi connectivity index (χ4v) is 3.68. The van der Waals surface area contributed by atoms with E-state index < -0.39 is 0 Å². The maximum Gasteiger partial charge on any atom is 0.273 e. The van der Waals surface area contributed by atoms with Gasteiger partial charge in [-0.1, -0.05) is 5.16 Å². The first kappa shape index (κ1) is 15.5. The number of anilines is 1. The molecule has 0 unspecified atom stereocenters. The standard InChI is InChI=1S/C17H22N4O3/c22-16(19-14-2-1-5-18-9-14)15-8-17(24-20-15)4-6-21(12-17)10-13-3-7-23-11-13/h1-2,5,9,13H,3-4,6-8,10-12H2,(H,19,22)/t13-,17-/m0/s1. The number of hydrogen-bond donors (Lipinski definition) is 1. The smallest absolute Gasteiger partial charge is 0.273 e. The molecule has 4 rings (SSSR count). The van der Waals surface area contributed by atoms with Crippen LogP contribution in [0.15, 0.2) is 29.7 Å². The van der Waals surface area contributed by atoms with Crippen LogP contribution in [0.1, 0.15) is 19.3 Å². The van der Waals surface area contributed by atoms with Crippen LogP contribution in [-0.4, -0.2) is 60.0 Å². The summed E-state index contributed by atoms with van der Waals surface area (Å²) in [5.41, 5.74) is 0.798. The molecule has 0 saturated carbocycles. The van der Waals surface area contributed by atoms with Crippen LogP contribution < -0.4 is 5.32 Å². The number of nitrogens with zero attached hydrogens (tertiary/aromatic N) is 3. The van der Waals surface area contributed by atoms with Crippen LogP contribution >= 0.6 is 0 Å². The van der Waals surface area contributed by atoms with Crippen molar-refractivity contribution in [3.63, 3.8) is 0 Å². The predicted molar refractivity (Wildman–Crippen MR) is 88.7 cm³/mol. The van der Waals surface area contributed by atoms with E-state index in [9.17, 15) is 4.79 Å². The highest BCUT2D eigenvalue weighted by atomic mass is 16.7. The second kappa shape index (κ2) is 6.49. The van der Waals surface area contributed by atoms with Crippen LogP contribution in [0.2, 0.25) is 0 Å². The van der Waals surface area contributed by atoms with Crippen LogP contribution in [0.3, 0.4) is 0 Å². The van der Waals surface area contributed by atoms with E-state index in [0.717, 1.165) is 45.7 Å². The lowest BCUT2D eigenvalue weighted by Gasteiger charge is -2.23. The van der Waals surface area contributed by atoms with Crippen molar-refractivity contribution < 1.29 is 14.4 Å². The molecule has 128 valence electrons. The Morgan fingerprint density at radius 2 is 2.46 bits per heavy atom. The topological polar surface area (TPSA) is 76.0 Å². The zero-order valence-electron chi connectivity index (χ0n) is 13.6. The molecule has 24 heavy (non-hydrogen) atoms. The summed E-state index contributed by atoms with van der Waals surface area (Å²) < 4.78 is 5.45. The van der Waals surface area contributed by atoms with Gasteiger partial charge < -0.3 is 14.9 Å². The molecule has 2 saturated heterocycles. The molecule has 0 bridgehead atoms. The normalized spacial score (nSPS) is 29.7. The Hall–Kier alpha value is -1.99. The number of carbonyl (C=O) groups is 1. The molecular weight excluding hydrogens is 308 g/mol. The Morgan fingerprint density at radius 3 is 3.25 bits per heavy atom. The number of nitrogens with one attached hydrogen (secondary N) is 1. The van der Waals surface area contributed by atoms with E-state index >= 15 is 0 Å². The predicted octanol–water partition coefficient (Wildman–Crippen LogP) is 1.28. The van der Waals surface area contributed by atoms with E-state index in [0.29, 0.717) is 23.7 Å². The van der Waals surface area contributed by atoms with Crippen molar-refractivity contribution in [2.24, 2.45) is 11.1 Å². The lowest BCUT2D eigenvalue weighted by Crippen LogP contribution is -2.36. The molecule has 1 N–H and O–H groups in total. The minimum absolute atomic E-state index is 0.206. The third-order valence-electron chi connectivity index (χ3n) is 4.96. The van der Waals surface area contributed by atoms with Crippen LogP contribution in [0.5, 0.6) is 0 Å². The van der Waals surface area contributed by atoms with Crippen molar-refractivity contribution in [2.45, 2.75) is 24.9 Å². The molecule has 2 atom stereocenters. The summed E-state index contributed by atoms with van der Waals surface area (Å²) in [6.45, 7) is 4.60. The quantitative estimate of drug-likeness (QED) is 0.900. The SMILES string of the molecule is O=C(Nc1cccnc1)C1=NO[C@@]2(CCN(C[C@@H]3CCOC3)C2)C1. The fraction of sp³-hybridized carbons (Fsp3) is 0.588. The molecule has 1 aromatic rings. The Labute approximate surface area is 141 Å². The third-order valence-corrected chi connectivity index (χ3v) is 4.96. The van der Waals surface area contributed by atoms with Gasteiger partial charge in [-0.25, -0.2) is 0 Å². The van der Waals surface area contributed by atoms with Crippen LogP contribution in [0.25, 0.3) is 0 Å². The molecule has 4 heterocycles. The van der Waals surface area contributed by atoms with Crippen LogP contribution in [0.4, 0.5) is 5.69 Å². The minimum atomic E-state index is -0.332. The summed E-state index contributed by atoms with van der Waals surface area (Å²) in [6.07, 6.45) is 5.90. The average Bonchev–Trinajstić information content (AvgIpc) is 3.32. The van der Waals surface area contributed by atoms with Crippen molar-refractivity contribution in [2.75, 3.05) is 38.2 Å². The Balaban J connectivity index is 1.31. The van der Waals surface area contributed by atoms with E-state index in [1.807, 2.05) is 0 Å². The number of likely N-dealkylation sites (tertiary alicyclic amines) is 1. The van der Waals surface area contributed by atoms with Crippen molar-refractivity contribution in [3.8, 4) is 0 Å². The van der Waals surface area contributed by atoms with Gasteiger partial charge in [-0.2, -0.15) is 0 Å². The molecule has 2 fully saturated rings. The van der Waals surface area contributed by atoms with Crippen molar-refractivity contribution >= 4 is 17.3 Å². The van der Waals surface area contributed by atoms with Gasteiger partial charge in [0.2, 0.25) is 0 Å². The van der Waals surface area contributed by atoms with Crippen molar-refractivity contribution in [1.82, 2.24) is 9.88 Å². The highest BCUT2D eigenvalue weighted by Gasteiger charge is 2.46. The Morgan fingerprint density at radius 1 is 1.50 bits per heavy atom. The summed E-state index contributed by atoms with van der Waals surface area (Å²) in [5, 5.41) is 6.88. The van der Waals surface area contributed by atoms with Gasteiger partial charge in [-0.15, -0.1) is 0 Å². The van der Waals surface area contributed by atoms with Crippen molar-refractivity contribution in [1.29, 1.82) is 0 Å². The maximum atomic E-state index is 12.3. The number of rotatable bonds is 4. The zero-order valence-corrected chi connectivity index (χ0v) is 13.6. The van der Waals surface area contributed by atoms with Crippen LogP contribution in [0, 0.1) is 5.92 Å². The maximum absolute atomic E-state index is 12.3. The van der Waals surface area contributed by atoms with E-state index in [-0.39, 0.29) is 11.5 Å². The van der Waals surface area contributed by atoms with Gasteiger partial charge in [0, 0.05) is 45.3 Å². The van der Waals surface area contributed by atoms with Gasteiger partial charge in [0.15, 0.2) is 5.60 Å². The van der Waals surface area contributed by atoms with Gasteiger partial charge in [0.25, 0.3) is 5.91 Å². The van der Waals surface area contributed by atoms with Gasteiger partial charge >= 0.3 is 0 Å². The fourth-order valence-electron chi connectivity index (χ4n) is 3.68. The molecular formula is C17H22N4O3. The summed E-state index contributed by atoms with van der Waals surface area (Å²) in [5.74, 6) is 0.415. The second-order valence-corrected chi connectivity index (χ2v) is 6.90. The molecule has 1 amide bonds. The van der Waals surface area contributed by atoms with E-state index in [1.54, 1.807) is 24.5 Å².